The largest absolute Gasteiger partial charge is 0.463 e. The Hall–Kier alpha value is -3.53. The van der Waals surface area contributed by atoms with Crippen molar-refractivity contribution in [1.29, 1.82) is 0 Å². The topological polar surface area (TPSA) is 110 Å². The van der Waals surface area contributed by atoms with Gasteiger partial charge < -0.3 is 9.64 Å². The Bertz CT molecular complexity index is 1250. The molecular weight excluding hydrogens is 470 g/mol. The maximum Gasteiger partial charge on any atom is 0.332 e. The first-order valence-electron chi connectivity index (χ1n) is 11.2. The van der Waals surface area contributed by atoms with Crippen LogP contribution in [0, 0.1) is 10.1 Å². The van der Waals surface area contributed by atoms with E-state index in [1.807, 2.05) is 45.0 Å². The van der Waals surface area contributed by atoms with Crippen LogP contribution in [-0.4, -0.2) is 36.7 Å². The van der Waals surface area contributed by atoms with E-state index in [1.165, 1.54) is 18.2 Å². The van der Waals surface area contributed by atoms with Crippen LogP contribution in [0.1, 0.15) is 45.2 Å². The third kappa shape index (κ3) is 4.12. The molecule has 2 heterocycles. The second-order valence-corrected chi connectivity index (χ2v) is 11.5. The summed E-state index contributed by atoms with van der Waals surface area (Å²) in [5, 5.41) is 11.0. The molecular formula is C25H27N3O6S. The molecule has 1 spiro atoms. The summed E-state index contributed by atoms with van der Waals surface area (Å²) in [4.78, 5) is 38.4. The smallest absolute Gasteiger partial charge is 0.332 e. The number of fused-ring (bicyclic) bond motifs is 2. The number of benzene rings is 2. The number of ether oxygens (including phenoxy) is 1. The first-order valence-corrected chi connectivity index (χ1v) is 12.4. The minimum atomic E-state index is -1.64. The fourth-order valence-corrected chi connectivity index (χ4v) is 5.85. The van der Waals surface area contributed by atoms with E-state index < -0.39 is 32.2 Å². The predicted octanol–water partition coefficient (Wildman–Crippen LogP) is 3.95. The van der Waals surface area contributed by atoms with E-state index in [0.717, 1.165) is 5.56 Å². The zero-order chi connectivity index (χ0) is 25.5. The Labute approximate surface area is 206 Å². The molecule has 1 unspecified atom stereocenters. The first-order chi connectivity index (χ1) is 16.5. The molecule has 2 aromatic rings. The third-order valence-electron chi connectivity index (χ3n) is 6.03. The number of hydrogen-bond donors (Lipinski definition) is 0. The summed E-state index contributed by atoms with van der Waals surface area (Å²) < 4.78 is 19.6. The van der Waals surface area contributed by atoms with Crippen LogP contribution in [0.25, 0.3) is 0 Å². The standard InChI is InChI=1S/C25H27N3O6S/c1-5-34-22(29)14-19-15-25(27(19)35(33)24(2,3)4)20-8-6-7-9-21(20)26(23(25)30)16-17-10-12-18(13-11-17)28(31)32/h6-14H,5,15-16H2,1-4H3/b19-14+/t25-,35?/m0/s1. The lowest BCUT2D eigenvalue weighted by Gasteiger charge is -2.52. The zero-order valence-corrected chi connectivity index (χ0v) is 20.8. The van der Waals surface area contributed by atoms with E-state index >= 15 is 0 Å². The minimum Gasteiger partial charge on any atom is -0.463 e. The van der Waals surface area contributed by atoms with Gasteiger partial charge in [0.25, 0.3) is 11.6 Å². The predicted molar refractivity (Wildman–Crippen MR) is 131 cm³/mol. The van der Waals surface area contributed by atoms with E-state index in [4.69, 9.17) is 4.74 Å². The van der Waals surface area contributed by atoms with Gasteiger partial charge in [-0.25, -0.2) is 9.00 Å². The number of hydrogen-bond acceptors (Lipinski definition) is 6. The lowest BCUT2D eigenvalue weighted by Crippen LogP contribution is -2.63. The second-order valence-electron chi connectivity index (χ2n) is 9.41. The Kier molecular flexibility index (Phi) is 6.27. The fourth-order valence-electron chi connectivity index (χ4n) is 4.45. The molecule has 1 amide bonds. The molecule has 2 atom stereocenters. The van der Waals surface area contributed by atoms with Gasteiger partial charge in [0.15, 0.2) is 5.54 Å². The van der Waals surface area contributed by atoms with Gasteiger partial charge in [-0.05, 0) is 39.3 Å². The molecule has 0 saturated carbocycles. The molecule has 0 radical (unpaired) electrons. The molecule has 9 nitrogen and oxygen atoms in total. The average molecular weight is 498 g/mol. The number of nitro groups is 1. The summed E-state index contributed by atoms with van der Waals surface area (Å²) >= 11 is 0. The van der Waals surface area contributed by atoms with E-state index in [2.05, 4.69) is 0 Å². The van der Waals surface area contributed by atoms with E-state index in [-0.39, 0.29) is 31.2 Å². The van der Waals surface area contributed by atoms with Crippen molar-refractivity contribution < 1.29 is 23.5 Å². The van der Waals surface area contributed by atoms with Crippen molar-refractivity contribution in [2.75, 3.05) is 11.5 Å². The van der Waals surface area contributed by atoms with Gasteiger partial charge in [-0.15, -0.1) is 0 Å². The van der Waals surface area contributed by atoms with Crippen LogP contribution >= 0.6 is 0 Å². The van der Waals surface area contributed by atoms with Gasteiger partial charge in [-0.1, -0.05) is 30.3 Å². The summed E-state index contributed by atoms with van der Waals surface area (Å²) in [6, 6.07) is 13.4. The van der Waals surface area contributed by atoms with Crippen molar-refractivity contribution >= 4 is 34.2 Å². The molecule has 35 heavy (non-hydrogen) atoms. The van der Waals surface area contributed by atoms with Crippen LogP contribution in [-0.2, 0) is 37.4 Å². The summed E-state index contributed by atoms with van der Waals surface area (Å²) in [6.07, 6.45) is 1.52. The average Bonchev–Trinajstić information content (AvgIpc) is 3.03. The van der Waals surface area contributed by atoms with Crippen LogP contribution < -0.4 is 4.90 Å². The number of esters is 1. The highest BCUT2D eigenvalue weighted by molar-refractivity contribution is 7.84. The van der Waals surface area contributed by atoms with Crippen molar-refractivity contribution in [3.8, 4) is 0 Å². The van der Waals surface area contributed by atoms with Gasteiger partial charge in [0.05, 0.1) is 28.5 Å². The van der Waals surface area contributed by atoms with E-state index in [9.17, 15) is 23.9 Å². The normalized spacial score (nSPS) is 21.1. The van der Waals surface area contributed by atoms with Gasteiger partial charge in [0, 0.05) is 35.9 Å². The number of nitrogens with zero attached hydrogens (tertiary/aromatic N) is 3. The molecule has 2 aliphatic rings. The third-order valence-corrected chi connectivity index (χ3v) is 7.96. The Morgan fingerprint density at radius 1 is 1.20 bits per heavy atom. The SMILES string of the molecule is CCOC(=O)/C=C1\C[C@]2(C(=O)N(Cc3ccc([N+](=O)[O-])cc3)c3ccccc32)N1S(=O)C(C)(C)C. The molecule has 0 aromatic heterocycles. The van der Waals surface area contributed by atoms with Crippen molar-refractivity contribution in [2.24, 2.45) is 0 Å². The quantitative estimate of drug-likeness (QED) is 0.259. The highest BCUT2D eigenvalue weighted by Crippen LogP contribution is 2.57. The molecule has 4 rings (SSSR count). The lowest BCUT2D eigenvalue weighted by molar-refractivity contribution is -0.384. The molecule has 0 bridgehead atoms. The maximum absolute atomic E-state index is 14.0. The van der Waals surface area contributed by atoms with Crippen molar-refractivity contribution in [2.45, 2.75) is 50.9 Å². The van der Waals surface area contributed by atoms with Crippen molar-refractivity contribution in [3.05, 3.63) is 81.5 Å². The van der Waals surface area contributed by atoms with Crippen molar-refractivity contribution in [3.63, 3.8) is 0 Å². The number of nitro benzene ring substituents is 1. The van der Waals surface area contributed by atoms with Gasteiger partial charge in [0.2, 0.25) is 0 Å². The minimum absolute atomic E-state index is 0.0298. The molecule has 10 heteroatoms. The maximum atomic E-state index is 14.0. The number of carbonyl (C=O) groups excluding carboxylic acids is 2. The van der Waals surface area contributed by atoms with Crippen LogP contribution in [0.3, 0.4) is 0 Å². The number of anilines is 1. The van der Waals surface area contributed by atoms with Crippen molar-refractivity contribution in [1.82, 2.24) is 4.31 Å². The molecule has 1 fully saturated rings. The number of amides is 1. The molecule has 2 aliphatic heterocycles. The van der Waals surface area contributed by atoms with Crippen LogP contribution in [0.15, 0.2) is 60.3 Å². The summed E-state index contributed by atoms with van der Waals surface area (Å²) in [5.74, 6) is -0.801. The highest BCUT2D eigenvalue weighted by Gasteiger charge is 2.64. The van der Waals surface area contributed by atoms with Crippen LogP contribution in [0.4, 0.5) is 11.4 Å². The first kappa shape index (κ1) is 24.6. The molecule has 2 aromatic carbocycles. The molecule has 0 aliphatic carbocycles. The van der Waals surface area contributed by atoms with Gasteiger partial charge in [-0.3, -0.25) is 19.2 Å². The summed E-state index contributed by atoms with van der Waals surface area (Å²) in [5.41, 5.74) is 1.36. The molecule has 0 N–H and O–H groups in total. The number of carbonyl (C=O) groups is 2. The van der Waals surface area contributed by atoms with Gasteiger partial charge in [0.1, 0.15) is 11.0 Å². The van der Waals surface area contributed by atoms with Gasteiger partial charge >= 0.3 is 5.97 Å². The Balaban J connectivity index is 1.76. The molecule has 184 valence electrons. The Morgan fingerprint density at radius 3 is 2.46 bits per heavy atom. The number of para-hydroxylation sites is 1. The zero-order valence-electron chi connectivity index (χ0n) is 20.0. The second kappa shape index (κ2) is 8.92. The molecule has 1 saturated heterocycles. The summed E-state index contributed by atoms with van der Waals surface area (Å²) in [6.45, 7) is 7.56. The Morgan fingerprint density at radius 2 is 1.86 bits per heavy atom. The number of rotatable bonds is 6. The van der Waals surface area contributed by atoms with E-state index in [0.29, 0.717) is 16.9 Å². The fraction of sp³-hybridized carbons (Fsp3) is 0.360. The highest BCUT2D eigenvalue weighted by atomic mass is 32.2. The summed E-state index contributed by atoms with van der Waals surface area (Å²) in [7, 11) is -1.64. The lowest BCUT2D eigenvalue weighted by atomic mass is 9.79. The number of non-ortho nitro benzene ring substituents is 1. The van der Waals surface area contributed by atoms with Gasteiger partial charge in [-0.2, -0.15) is 0 Å². The van der Waals surface area contributed by atoms with E-state index in [1.54, 1.807) is 28.3 Å². The monoisotopic (exact) mass is 497 g/mol. The van der Waals surface area contributed by atoms with Crippen LogP contribution in [0.5, 0.6) is 0 Å². The van der Waals surface area contributed by atoms with Crippen LogP contribution in [0.2, 0.25) is 0 Å².